The topological polar surface area (TPSA) is 0 Å². The summed E-state index contributed by atoms with van der Waals surface area (Å²) in [6, 6.07) is 17.6. The van der Waals surface area contributed by atoms with Crippen molar-refractivity contribution in [3.05, 3.63) is 84.0 Å². The van der Waals surface area contributed by atoms with Gasteiger partial charge in [-0.2, -0.15) is 0 Å². The Kier molecular flexibility index (Phi) is 5.77. The van der Waals surface area contributed by atoms with Crippen LogP contribution >= 0.6 is 0 Å². The molecular formula is C22H26. The zero-order chi connectivity index (χ0) is 15.9. The first kappa shape index (κ1) is 16.3. The minimum atomic E-state index is 0.415. The van der Waals surface area contributed by atoms with Gasteiger partial charge in [0.15, 0.2) is 0 Å². The second-order valence-corrected chi connectivity index (χ2v) is 5.84. The van der Waals surface area contributed by atoms with Gasteiger partial charge < -0.3 is 0 Å². The summed E-state index contributed by atoms with van der Waals surface area (Å²) in [6.07, 6.45) is 8.79. The molecule has 0 saturated carbocycles. The van der Waals surface area contributed by atoms with Crippen LogP contribution in [0.15, 0.2) is 72.8 Å². The second-order valence-electron chi connectivity index (χ2n) is 5.84. The molecule has 0 saturated heterocycles. The minimum absolute atomic E-state index is 0.415. The Balaban J connectivity index is 2.54. The van der Waals surface area contributed by atoms with Crippen molar-refractivity contribution in [2.24, 2.45) is 0 Å². The SMILES string of the molecule is CC=CC(C)c1ccc(-c2ccccc2)c(C(C)C=CC)c1. The van der Waals surface area contributed by atoms with Gasteiger partial charge in [-0.25, -0.2) is 0 Å². The fourth-order valence-corrected chi connectivity index (χ4v) is 2.91. The highest BCUT2D eigenvalue weighted by Gasteiger charge is 2.12. The molecular weight excluding hydrogens is 264 g/mol. The fourth-order valence-electron chi connectivity index (χ4n) is 2.91. The Bertz CT molecular complexity index is 647. The van der Waals surface area contributed by atoms with Crippen LogP contribution in [-0.2, 0) is 0 Å². The lowest BCUT2D eigenvalue weighted by atomic mass is 9.87. The van der Waals surface area contributed by atoms with E-state index in [-0.39, 0.29) is 0 Å². The van der Waals surface area contributed by atoms with Crippen molar-refractivity contribution in [2.75, 3.05) is 0 Å². The van der Waals surface area contributed by atoms with Crippen LogP contribution in [-0.4, -0.2) is 0 Å². The highest BCUT2D eigenvalue weighted by molar-refractivity contribution is 5.69. The quantitative estimate of drug-likeness (QED) is 0.537. The molecule has 0 heterocycles. The molecule has 0 aliphatic rings. The van der Waals surface area contributed by atoms with Gasteiger partial charge in [0, 0.05) is 0 Å². The molecule has 22 heavy (non-hydrogen) atoms. The average Bonchev–Trinajstić information content (AvgIpc) is 2.55. The highest BCUT2D eigenvalue weighted by Crippen LogP contribution is 2.33. The lowest BCUT2D eigenvalue weighted by molar-refractivity contribution is 0.927. The summed E-state index contributed by atoms with van der Waals surface area (Å²) in [5.74, 6) is 0.865. The summed E-state index contributed by atoms with van der Waals surface area (Å²) in [4.78, 5) is 0. The van der Waals surface area contributed by atoms with E-state index in [2.05, 4.69) is 101 Å². The Morgan fingerprint density at radius 3 is 2.05 bits per heavy atom. The van der Waals surface area contributed by atoms with E-state index in [1.807, 2.05) is 0 Å². The van der Waals surface area contributed by atoms with E-state index in [0.29, 0.717) is 11.8 Å². The molecule has 114 valence electrons. The summed E-state index contributed by atoms with van der Waals surface area (Å²) in [6.45, 7) is 8.69. The minimum Gasteiger partial charge on any atom is -0.0911 e. The number of benzene rings is 2. The molecule has 0 aliphatic carbocycles. The van der Waals surface area contributed by atoms with Gasteiger partial charge in [0.1, 0.15) is 0 Å². The van der Waals surface area contributed by atoms with Crippen molar-refractivity contribution in [2.45, 2.75) is 39.5 Å². The van der Waals surface area contributed by atoms with Crippen LogP contribution < -0.4 is 0 Å². The smallest absolute Gasteiger partial charge is 0.000429 e. The molecule has 0 nitrogen and oxygen atoms in total. The molecule has 2 atom stereocenters. The molecule has 2 aromatic rings. The maximum Gasteiger partial charge on any atom is -0.000429 e. The van der Waals surface area contributed by atoms with E-state index in [4.69, 9.17) is 0 Å². The maximum atomic E-state index is 2.37. The molecule has 0 heteroatoms. The number of rotatable bonds is 5. The van der Waals surface area contributed by atoms with Gasteiger partial charge >= 0.3 is 0 Å². The van der Waals surface area contributed by atoms with Gasteiger partial charge in [-0.05, 0) is 47.9 Å². The van der Waals surface area contributed by atoms with E-state index in [1.165, 1.54) is 22.3 Å². The summed E-state index contributed by atoms with van der Waals surface area (Å²) in [5, 5.41) is 0. The van der Waals surface area contributed by atoms with Gasteiger partial charge in [-0.1, -0.05) is 86.7 Å². The predicted octanol–water partition coefficient (Wildman–Crippen LogP) is 6.71. The van der Waals surface area contributed by atoms with Crippen LogP contribution in [0.25, 0.3) is 11.1 Å². The standard InChI is InChI=1S/C22H26/c1-5-10-17(3)20-14-15-21(19-12-8-7-9-13-19)22(16-20)18(4)11-6-2/h5-18H,1-4H3. The van der Waals surface area contributed by atoms with Crippen LogP contribution in [0, 0.1) is 0 Å². The van der Waals surface area contributed by atoms with E-state index in [9.17, 15) is 0 Å². The van der Waals surface area contributed by atoms with Crippen molar-refractivity contribution in [3.63, 3.8) is 0 Å². The zero-order valence-electron chi connectivity index (χ0n) is 14.1. The van der Waals surface area contributed by atoms with Crippen molar-refractivity contribution in [1.82, 2.24) is 0 Å². The number of hydrogen-bond acceptors (Lipinski definition) is 0. The van der Waals surface area contributed by atoms with Gasteiger partial charge in [0.25, 0.3) is 0 Å². The van der Waals surface area contributed by atoms with Crippen molar-refractivity contribution < 1.29 is 0 Å². The molecule has 2 rings (SSSR count). The van der Waals surface area contributed by atoms with Crippen molar-refractivity contribution in [1.29, 1.82) is 0 Å². The Hall–Kier alpha value is -2.08. The Morgan fingerprint density at radius 2 is 1.41 bits per heavy atom. The van der Waals surface area contributed by atoms with Crippen molar-refractivity contribution in [3.8, 4) is 11.1 Å². The molecule has 2 unspecified atom stereocenters. The molecule has 0 amide bonds. The Labute approximate surface area is 135 Å². The van der Waals surface area contributed by atoms with E-state index >= 15 is 0 Å². The molecule has 0 bridgehead atoms. The molecule has 2 aromatic carbocycles. The van der Waals surface area contributed by atoms with E-state index in [1.54, 1.807) is 0 Å². The molecule has 0 fully saturated rings. The van der Waals surface area contributed by atoms with Gasteiger partial charge in [0.2, 0.25) is 0 Å². The summed E-state index contributed by atoms with van der Waals surface area (Å²) >= 11 is 0. The van der Waals surface area contributed by atoms with Gasteiger partial charge in [-0.15, -0.1) is 0 Å². The van der Waals surface area contributed by atoms with E-state index < -0.39 is 0 Å². The van der Waals surface area contributed by atoms with Crippen LogP contribution in [0.5, 0.6) is 0 Å². The maximum absolute atomic E-state index is 2.37. The highest BCUT2D eigenvalue weighted by atomic mass is 14.2. The first-order valence-electron chi connectivity index (χ1n) is 8.12. The third-order valence-electron chi connectivity index (χ3n) is 4.14. The van der Waals surface area contributed by atoms with Crippen LogP contribution in [0.1, 0.15) is 50.7 Å². The largest absolute Gasteiger partial charge is 0.0911 e. The molecule has 0 N–H and O–H groups in total. The number of hydrogen-bond donors (Lipinski definition) is 0. The Morgan fingerprint density at radius 1 is 0.773 bits per heavy atom. The predicted molar refractivity (Wildman–Crippen MR) is 98.3 cm³/mol. The van der Waals surface area contributed by atoms with E-state index in [0.717, 1.165) is 0 Å². The lowest BCUT2D eigenvalue weighted by Gasteiger charge is -2.17. The van der Waals surface area contributed by atoms with Crippen LogP contribution in [0.3, 0.4) is 0 Å². The number of allylic oxidation sites excluding steroid dienone is 4. The first-order chi connectivity index (χ1) is 10.7. The normalized spacial score (nSPS) is 14.5. The van der Waals surface area contributed by atoms with Crippen LogP contribution in [0.2, 0.25) is 0 Å². The second kappa shape index (κ2) is 7.79. The summed E-state index contributed by atoms with van der Waals surface area (Å²) < 4.78 is 0. The fraction of sp³-hybridized carbons (Fsp3) is 0.273. The van der Waals surface area contributed by atoms with Crippen LogP contribution in [0.4, 0.5) is 0 Å². The summed E-state index contributed by atoms with van der Waals surface area (Å²) in [5.41, 5.74) is 5.41. The molecule has 0 radical (unpaired) electrons. The zero-order valence-corrected chi connectivity index (χ0v) is 14.1. The van der Waals surface area contributed by atoms with Gasteiger partial charge in [0.05, 0.1) is 0 Å². The summed E-state index contributed by atoms with van der Waals surface area (Å²) in [7, 11) is 0. The molecule has 0 aliphatic heterocycles. The van der Waals surface area contributed by atoms with Gasteiger partial charge in [-0.3, -0.25) is 0 Å². The average molecular weight is 290 g/mol. The third-order valence-corrected chi connectivity index (χ3v) is 4.14. The van der Waals surface area contributed by atoms with Crippen molar-refractivity contribution >= 4 is 0 Å². The monoisotopic (exact) mass is 290 g/mol. The molecule has 0 aromatic heterocycles. The third kappa shape index (κ3) is 3.76. The first-order valence-corrected chi connectivity index (χ1v) is 8.12. The lowest BCUT2D eigenvalue weighted by Crippen LogP contribution is -1.98. The molecule has 0 spiro atoms.